The molecule has 3 heterocycles. The summed E-state index contributed by atoms with van der Waals surface area (Å²) in [5, 5.41) is 0.938. The highest BCUT2D eigenvalue weighted by Gasteiger charge is 2.21. The zero-order chi connectivity index (χ0) is 22.0. The predicted molar refractivity (Wildman–Crippen MR) is 132 cm³/mol. The number of pyridine rings is 2. The Hall–Kier alpha value is -2.60. The molecule has 0 unspecified atom stereocenters. The second-order valence-corrected chi connectivity index (χ2v) is 8.23. The van der Waals surface area contributed by atoms with Gasteiger partial charge in [0.15, 0.2) is 0 Å². The number of hydrogen-bond acceptors (Lipinski definition) is 3. The Kier molecular flexibility index (Phi) is 7.77. The third-order valence-electron chi connectivity index (χ3n) is 5.22. The molecule has 0 N–H and O–H groups in total. The molecule has 0 spiro atoms. The Morgan fingerprint density at radius 2 is 1.94 bits per heavy atom. The van der Waals surface area contributed by atoms with Crippen molar-refractivity contribution in [3.8, 4) is 11.3 Å². The van der Waals surface area contributed by atoms with Gasteiger partial charge in [-0.2, -0.15) is 0 Å². The topological polar surface area (TPSA) is 50.5 Å². The van der Waals surface area contributed by atoms with Gasteiger partial charge in [-0.25, -0.2) is 4.98 Å². The van der Waals surface area contributed by atoms with Crippen molar-refractivity contribution in [2.75, 3.05) is 6.54 Å². The number of amides is 1. The minimum atomic E-state index is 0. The number of carbonyl (C=O) groups excluding carboxylic acids is 1. The number of halogens is 3. The second-order valence-electron chi connectivity index (χ2n) is 7.41. The Morgan fingerprint density at radius 1 is 1.12 bits per heavy atom. The van der Waals surface area contributed by atoms with Gasteiger partial charge in [0, 0.05) is 37.2 Å². The number of imidazole rings is 1. The van der Waals surface area contributed by atoms with Gasteiger partial charge < -0.3 is 9.30 Å². The van der Waals surface area contributed by atoms with Crippen LogP contribution in [0.3, 0.4) is 0 Å². The molecule has 1 aromatic carbocycles. The predicted octanol–water partition coefficient (Wildman–Crippen LogP) is 6.02. The van der Waals surface area contributed by atoms with Crippen LogP contribution in [0.1, 0.15) is 23.7 Å². The minimum Gasteiger partial charge on any atom is -0.338 e. The highest BCUT2D eigenvalue weighted by atomic mass is 35.5. The van der Waals surface area contributed by atoms with E-state index < -0.39 is 0 Å². The first-order valence-electron chi connectivity index (χ1n) is 10.1. The fraction of sp³-hybridized carbons (Fsp3) is 0.208. The van der Waals surface area contributed by atoms with Crippen LogP contribution in [0.5, 0.6) is 0 Å². The molecule has 0 atom stereocenters. The second kappa shape index (κ2) is 10.3. The molecular formula is C24H23Cl3N4O. The van der Waals surface area contributed by atoms with Crippen molar-refractivity contribution in [1.82, 2.24) is 19.3 Å². The van der Waals surface area contributed by atoms with Crippen LogP contribution in [0.2, 0.25) is 10.0 Å². The molecular weight excluding hydrogens is 467 g/mol. The van der Waals surface area contributed by atoms with E-state index in [1.165, 1.54) is 0 Å². The van der Waals surface area contributed by atoms with E-state index in [4.69, 9.17) is 28.2 Å². The van der Waals surface area contributed by atoms with E-state index in [2.05, 4.69) is 4.98 Å². The summed E-state index contributed by atoms with van der Waals surface area (Å²) in [6, 6.07) is 13.3. The molecule has 8 heteroatoms. The maximum Gasteiger partial charge on any atom is 0.228 e. The van der Waals surface area contributed by atoms with Gasteiger partial charge >= 0.3 is 0 Å². The molecule has 4 rings (SSSR count). The molecule has 1 amide bonds. The molecule has 5 nitrogen and oxygen atoms in total. The van der Waals surface area contributed by atoms with Gasteiger partial charge in [-0.15, -0.1) is 12.4 Å². The van der Waals surface area contributed by atoms with Crippen molar-refractivity contribution >= 4 is 47.2 Å². The first kappa shape index (κ1) is 24.1. The summed E-state index contributed by atoms with van der Waals surface area (Å²) in [4.78, 5) is 24.1. The van der Waals surface area contributed by atoms with Crippen LogP contribution in [0, 0.1) is 6.92 Å². The molecule has 0 radical (unpaired) electrons. The van der Waals surface area contributed by atoms with Crippen molar-refractivity contribution in [1.29, 1.82) is 0 Å². The van der Waals surface area contributed by atoms with E-state index in [0.717, 1.165) is 33.7 Å². The van der Waals surface area contributed by atoms with Crippen LogP contribution in [-0.4, -0.2) is 31.7 Å². The Morgan fingerprint density at radius 3 is 2.62 bits per heavy atom. The number of aromatic nitrogens is 3. The highest BCUT2D eigenvalue weighted by Crippen LogP contribution is 2.31. The summed E-state index contributed by atoms with van der Waals surface area (Å²) in [7, 11) is 0. The van der Waals surface area contributed by atoms with Crippen LogP contribution in [0.25, 0.3) is 16.9 Å². The average Bonchev–Trinajstić information content (AvgIpc) is 3.11. The molecule has 0 aliphatic rings. The van der Waals surface area contributed by atoms with Gasteiger partial charge in [0.25, 0.3) is 0 Å². The lowest BCUT2D eigenvalue weighted by Crippen LogP contribution is -2.32. The summed E-state index contributed by atoms with van der Waals surface area (Å²) in [5.74, 6) is 0.0232. The number of rotatable bonds is 6. The Balaban J connectivity index is 0.00000289. The molecule has 0 aliphatic carbocycles. The zero-order valence-corrected chi connectivity index (χ0v) is 20.1. The lowest BCUT2D eigenvalue weighted by molar-refractivity contribution is -0.130. The molecule has 0 saturated heterocycles. The summed E-state index contributed by atoms with van der Waals surface area (Å²) < 4.78 is 1.97. The summed E-state index contributed by atoms with van der Waals surface area (Å²) >= 11 is 12.4. The Labute approximate surface area is 203 Å². The molecule has 0 saturated carbocycles. The summed E-state index contributed by atoms with van der Waals surface area (Å²) in [6.45, 7) is 5.11. The van der Waals surface area contributed by atoms with E-state index in [-0.39, 0.29) is 24.7 Å². The first-order chi connectivity index (χ1) is 15.0. The normalized spacial score (nSPS) is 10.8. The van der Waals surface area contributed by atoms with E-state index in [1.54, 1.807) is 24.5 Å². The van der Waals surface area contributed by atoms with E-state index in [1.807, 2.05) is 59.7 Å². The summed E-state index contributed by atoms with van der Waals surface area (Å²) in [6.07, 6.45) is 5.69. The molecule has 0 fully saturated rings. The van der Waals surface area contributed by atoms with E-state index >= 15 is 0 Å². The molecule has 0 bridgehead atoms. The maximum atomic E-state index is 13.3. The van der Waals surface area contributed by atoms with Gasteiger partial charge in [0.2, 0.25) is 5.91 Å². The number of nitrogens with zero attached hydrogens (tertiary/aromatic N) is 4. The van der Waals surface area contributed by atoms with Crippen molar-refractivity contribution in [3.63, 3.8) is 0 Å². The standard InChI is InChI=1S/C24H22Cl2N4O.ClH/c1-3-29(15-17-5-4-9-27-14-17)23(31)13-21-24(18-6-7-19(25)20(26)12-18)28-22-11-16(2)8-10-30(21)22;/h4-12,14H,3,13,15H2,1-2H3;1H. The Bertz CT molecular complexity index is 1240. The maximum absolute atomic E-state index is 13.3. The number of fused-ring (bicyclic) bond motifs is 1. The van der Waals surface area contributed by atoms with Gasteiger partial charge in [0.05, 0.1) is 27.9 Å². The molecule has 0 aliphatic heterocycles. The third kappa shape index (κ3) is 5.07. The molecule has 32 heavy (non-hydrogen) atoms. The first-order valence-corrected chi connectivity index (χ1v) is 10.8. The van der Waals surface area contributed by atoms with Crippen LogP contribution < -0.4 is 0 Å². The van der Waals surface area contributed by atoms with Gasteiger partial charge in [0.1, 0.15) is 5.65 Å². The largest absolute Gasteiger partial charge is 0.338 e. The van der Waals surface area contributed by atoms with E-state index in [0.29, 0.717) is 23.1 Å². The van der Waals surface area contributed by atoms with Crippen LogP contribution in [-0.2, 0) is 17.8 Å². The number of benzene rings is 1. The van der Waals surface area contributed by atoms with Crippen molar-refractivity contribution in [2.45, 2.75) is 26.8 Å². The lowest BCUT2D eigenvalue weighted by atomic mass is 10.1. The highest BCUT2D eigenvalue weighted by molar-refractivity contribution is 6.42. The number of aryl methyl sites for hydroxylation is 1. The number of carbonyl (C=O) groups is 1. The van der Waals surface area contributed by atoms with Gasteiger partial charge in [-0.3, -0.25) is 9.78 Å². The van der Waals surface area contributed by atoms with Crippen molar-refractivity contribution in [3.05, 3.63) is 87.9 Å². The summed E-state index contributed by atoms with van der Waals surface area (Å²) in [5.41, 5.74) is 5.27. The molecule has 4 aromatic rings. The van der Waals surface area contributed by atoms with Gasteiger partial charge in [-0.1, -0.05) is 35.3 Å². The monoisotopic (exact) mass is 488 g/mol. The molecule has 166 valence electrons. The van der Waals surface area contributed by atoms with Gasteiger partial charge in [-0.05, 0) is 55.3 Å². The third-order valence-corrected chi connectivity index (χ3v) is 5.96. The average molecular weight is 490 g/mol. The molecule has 3 aromatic heterocycles. The van der Waals surface area contributed by atoms with Crippen LogP contribution in [0.4, 0.5) is 0 Å². The zero-order valence-electron chi connectivity index (χ0n) is 17.8. The van der Waals surface area contributed by atoms with Crippen LogP contribution >= 0.6 is 35.6 Å². The van der Waals surface area contributed by atoms with Crippen molar-refractivity contribution in [2.24, 2.45) is 0 Å². The minimum absolute atomic E-state index is 0. The smallest absolute Gasteiger partial charge is 0.228 e. The van der Waals surface area contributed by atoms with Crippen LogP contribution in [0.15, 0.2) is 61.1 Å². The SMILES string of the molecule is CCN(Cc1cccnc1)C(=O)Cc1c(-c2ccc(Cl)c(Cl)c2)nc2cc(C)ccn12.Cl. The van der Waals surface area contributed by atoms with Crippen molar-refractivity contribution < 1.29 is 4.79 Å². The fourth-order valence-corrected chi connectivity index (χ4v) is 3.88. The quantitative estimate of drug-likeness (QED) is 0.332. The number of hydrogen-bond donors (Lipinski definition) is 0. The lowest BCUT2D eigenvalue weighted by Gasteiger charge is -2.21. The van der Waals surface area contributed by atoms with E-state index in [9.17, 15) is 4.79 Å². The fourth-order valence-electron chi connectivity index (χ4n) is 3.58. The number of likely N-dealkylation sites (N-methyl/N-ethyl adjacent to an activating group) is 1.